The van der Waals surface area contributed by atoms with Crippen LogP contribution in [0.3, 0.4) is 0 Å². The van der Waals surface area contributed by atoms with E-state index in [9.17, 15) is 8.42 Å². The van der Waals surface area contributed by atoms with Crippen molar-refractivity contribution in [1.29, 1.82) is 0 Å². The lowest BCUT2D eigenvalue weighted by molar-refractivity contribution is -0.193. The summed E-state index contributed by atoms with van der Waals surface area (Å²) in [5.41, 5.74) is 1.17. The van der Waals surface area contributed by atoms with Crippen molar-refractivity contribution < 1.29 is 36.0 Å². The van der Waals surface area contributed by atoms with Gasteiger partial charge in [-0.25, -0.2) is 0 Å². The molecule has 1 aromatic carbocycles. The molecule has 3 fully saturated rings. The topological polar surface area (TPSA) is 89.5 Å². The zero-order valence-corrected chi connectivity index (χ0v) is 33.5. The lowest BCUT2D eigenvalue weighted by Gasteiger charge is -2.36. The molecule has 49 heavy (non-hydrogen) atoms. The van der Waals surface area contributed by atoms with Crippen LogP contribution >= 0.6 is 0 Å². The molecule has 1 aliphatic carbocycles. The molecule has 10 heteroatoms. The molecule has 0 N–H and O–H groups in total. The number of benzene rings is 1. The smallest absolute Gasteiger partial charge is 0.264 e. The molecule has 280 valence electrons. The van der Waals surface area contributed by atoms with Crippen LogP contribution in [-0.2, 0) is 39.7 Å². The average molecular weight is 723 g/mol. The van der Waals surface area contributed by atoms with E-state index in [0.717, 1.165) is 82.8 Å². The first-order valence-corrected chi connectivity index (χ1v) is 23.7. The summed E-state index contributed by atoms with van der Waals surface area (Å²) in [6.07, 6.45) is 15.8. The van der Waals surface area contributed by atoms with Gasteiger partial charge in [0.15, 0.2) is 12.6 Å². The Morgan fingerprint density at radius 3 is 2.35 bits per heavy atom. The van der Waals surface area contributed by atoms with E-state index >= 15 is 0 Å². The van der Waals surface area contributed by atoms with Crippen LogP contribution in [0.15, 0.2) is 36.4 Å². The summed E-state index contributed by atoms with van der Waals surface area (Å²) < 4.78 is 62.1. The summed E-state index contributed by atoms with van der Waals surface area (Å²) >= 11 is 0. The highest BCUT2D eigenvalue weighted by Crippen LogP contribution is 2.44. The van der Waals surface area contributed by atoms with Crippen LogP contribution in [0.1, 0.15) is 104 Å². The quantitative estimate of drug-likeness (QED) is 0.0894. The Bertz CT molecular complexity index is 1270. The van der Waals surface area contributed by atoms with Gasteiger partial charge < -0.3 is 23.4 Å². The highest BCUT2D eigenvalue weighted by atomic mass is 32.2. The van der Waals surface area contributed by atoms with E-state index in [4.69, 9.17) is 27.6 Å². The van der Waals surface area contributed by atoms with Gasteiger partial charge in [-0.2, -0.15) is 8.42 Å². The first kappa shape index (κ1) is 40.5. The van der Waals surface area contributed by atoms with Crippen molar-refractivity contribution in [3.05, 3.63) is 42.0 Å². The van der Waals surface area contributed by atoms with E-state index in [1.54, 1.807) is 0 Å². The van der Waals surface area contributed by atoms with Crippen molar-refractivity contribution in [1.82, 2.24) is 0 Å². The molecule has 2 heterocycles. The molecule has 0 radical (unpaired) electrons. The van der Waals surface area contributed by atoms with Gasteiger partial charge >= 0.3 is 0 Å². The molecule has 1 saturated carbocycles. The van der Waals surface area contributed by atoms with Gasteiger partial charge in [-0.15, -0.1) is 0 Å². The number of hydrogen-bond acceptors (Lipinski definition) is 8. The summed E-state index contributed by atoms with van der Waals surface area (Å²) in [7, 11) is -5.63. The van der Waals surface area contributed by atoms with Crippen molar-refractivity contribution in [2.45, 2.75) is 148 Å². The third kappa shape index (κ3) is 13.0. The molecule has 1 aromatic rings. The van der Waals surface area contributed by atoms with E-state index in [1.165, 1.54) is 5.56 Å². The molecular formula is C39H66O8SSi. The third-order valence-corrected chi connectivity index (χ3v) is 15.9. The van der Waals surface area contributed by atoms with Crippen LogP contribution in [0.25, 0.3) is 0 Å². The highest BCUT2D eigenvalue weighted by Gasteiger charge is 2.45. The summed E-state index contributed by atoms with van der Waals surface area (Å²) in [6.45, 7) is 17.4. The first-order chi connectivity index (χ1) is 23.1. The monoisotopic (exact) mass is 722 g/mol. The highest BCUT2D eigenvalue weighted by molar-refractivity contribution is 7.85. The standard InChI is InChI=1S/C39H66O8SSi/c1-9-15-29(2)24-32(45-37-18-10-12-22-42-37)20-21-34-35(26-30-16-14-17-33(25-30)47-49(7,8)39(3,4)5)31(28-44-48(6,40)41)27-36(34)46-38-19-11-13-23-43-38/h14,16-17,20-21,25,29,31-32,34-38H,9-13,15,18-19,22-24,26-28H2,1-8H3/b21-20+/t29-,31+,32+,34+,35-,36+,37+,38-/m0/s1. The second-order valence-electron chi connectivity index (χ2n) is 16.4. The molecule has 8 nitrogen and oxygen atoms in total. The summed E-state index contributed by atoms with van der Waals surface area (Å²) in [6, 6.07) is 8.46. The maximum absolute atomic E-state index is 12.2. The van der Waals surface area contributed by atoms with Crippen molar-refractivity contribution in [3.63, 3.8) is 0 Å². The summed E-state index contributed by atoms with van der Waals surface area (Å²) in [5, 5.41) is 0.0834. The Labute approximate surface area is 299 Å². The summed E-state index contributed by atoms with van der Waals surface area (Å²) in [5.74, 6) is 1.48. The first-order valence-electron chi connectivity index (χ1n) is 19.0. The molecular weight excluding hydrogens is 657 g/mol. The van der Waals surface area contributed by atoms with Crippen LogP contribution in [-0.4, -0.2) is 67.6 Å². The van der Waals surface area contributed by atoms with Gasteiger partial charge in [0.2, 0.25) is 8.32 Å². The van der Waals surface area contributed by atoms with E-state index in [0.29, 0.717) is 18.9 Å². The van der Waals surface area contributed by atoms with Gasteiger partial charge in [0.05, 0.1) is 25.1 Å². The maximum atomic E-state index is 12.2. The lowest BCUT2D eigenvalue weighted by atomic mass is 9.83. The van der Waals surface area contributed by atoms with Crippen LogP contribution in [0.2, 0.25) is 18.1 Å². The SMILES string of the molecule is CCC[C@H](C)C[C@@H](/C=C/[C@@H]1[C@@H](Cc2cccc(O[Si](C)(C)C(C)(C)C)c2)[C@@H](COS(C)(=O)=O)C[C@H]1O[C@H]1CCCCO1)O[C@@H]1CCCCO1. The normalized spacial score (nSPS) is 28.5. The number of ether oxygens (including phenoxy) is 4. The van der Waals surface area contributed by atoms with Crippen LogP contribution in [0, 0.1) is 23.7 Å². The Balaban J connectivity index is 1.66. The van der Waals surface area contributed by atoms with Gasteiger partial charge in [-0.3, -0.25) is 4.18 Å². The average Bonchev–Trinajstić information content (AvgIpc) is 3.34. The van der Waals surface area contributed by atoms with E-state index < -0.39 is 18.4 Å². The molecule has 0 aromatic heterocycles. The molecule has 0 amide bonds. The largest absolute Gasteiger partial charge is 0.543 e. The minimum atomic E-state index is -3.61. The van der Waals surface area contributed by atoms with Gasteiger partial charge in [0.25, 0.3) is 10.1 Å². The van der Waals surface area contributed by atoms with Crippen LogP contribution < -0.4 is 4.43 Å². The van der Waals surface area contributed by atoms with E-state index in [2.05, 4.69) is 84.1 Å². The fraction of sp³-hybridized carbons (Fsp3) is 0.795. The fourth-order valence-corrected chi connectivity index (χ4v) is 8.70. The van der Waals surface area contributed by atoms with Crippen molar-refractivity contribution in [3.8, 4) is 5.75 Å². The predicted molar refractivity (Wildman–Crippen MR) is 199 cm³/mol. The minimum Gasteiger partial charge on any atom is -0.543 e. The van der Waals surface area contributed by atoms with Gasteiger partial charge in [-0.1, -0.05) is 71.7 Å². The number of hydrogen-bond donors (Lipinski definition) is 0. The van der Waals surface area contributed by atoms with Crippen molar-refractivity contribution >= 4 is 18.4 Å². The van der Waals surface area contributed by atoms with E-state index in [1.807, 2.05) is 0 Å². The maximum Gasteiger partial charge on any atom is 0.264 e. The molecule has 0 spiro atoms. The zero-order valence-electron chi connectivity index (χ0n) is 31.7. The second-order valence-corrected chi connectivity index (χ2v) is 22.8. The Hall–Kier alpha value is -1.27. The third-order valence-electron chi connectivity index (χ3n) is 11.0. The lowest BCUT2D eigenvalue weighted by Crippen LogP contribution is -2.43. The Morgan fingerprint density at radius 2 is 1.73 bits per heavy atom. The molecule has 0 bridgehead atoms. The van der Waals surface area contributed by atoms with Gasteiger partial charge in [0.1, 0.15) is 5.75 Å². The van der Waals surface area contributed by atoms with Gasteiger partial charge in [-0.05, 0) is 111 Å². The molecule has 2 saturated heterocycles. The molecule has 4 rings (SSSR count). The zero-order chi connectivity index (χ0) is 35.7. The fourth-order valence-electron chi connectivity index (χ4n) is 7.26. The van der Waals surface area contributed by atoms with Crippen LogP contribution in [0.5, 0.6) is 5.75 Å². The summed E-state index contributed by atoms with van der Waals surface area (Å²) in [4.78, 5) is 0. The number of rotatable bonds is 17. The van der Waals surface area contributed by atoms with Crippen molar-refractivity contribution in [2.75, 3.05) is 26.1 Å². The molecule has 3 aliphatic rings. The van der Waals surface area contributed by atoms with E-state index in [-0.39, 0.29) is 54.2 Å². The van der Waals surface area contributed by atoms with Gasteiger partial charge in [0, 0.05) is 19.1 Å². The minimum absolute atomic E-state index is 0.0171. The van der Waals surface area contributed by atoms with Crippen molar-refractivity contribution in [2.24, 2.45) is 23.7 Å². The second kappa shape index (κ2) is 18.5. The Morgan fingerprint density at radius 1 is 1.04 bits per heavy atom. The molecule has 8 atom stereocenters. The molecule has 0 unspecified atom stereocenters. The molecule has 2 aliphatic heterocycles. The predicted octanol–water partition coefficient (Wildman–Crippen LogP) is 9.05. The Kier molecular flexibility index (Phi) is 15.3. The van der Waals surface area contributed by atoms with Crippen LogP contribution in [0.4, 0.5) is 0 Å².